The van der Waals surface area contributed by atoms with E-state index in [2.05, 4.69) is 16.8 Å². The zero-order valence-electron chi connectivity index (χ0n) is 5.53. The van der Waals surface area contributed by atoms with Crippen LogP contribution in [0.1, 0.15) is 6.42 Å². The summed E-state index contributed by atoms with van der Waals surface area (Å²) < 4.78 is 0. The van der Waals surface area contributed by atoms with Gasteiger partial charge in [-0.1, -0.05) is 6.08 Å². The maximum atomic E-state index is 10.9. The van der Waals surface area contributed by atoms with Crippen molar-refractivity contribution in [2.24, 2.45) is 16.1 Å². The van der Waals surface area contributed by atoms with E-state index in [9.17, 15) is 4.79 Å². The van der Waals surface area contributed by atoms with Gasteiger partial charge in [-0.15, -0.1) is 6.58 Å². The van der Waals surface area contributed by atoms with E-state index in [1.54, 1.807) is 12.3 Å². The molecule has 1 rings (SSSR count). The Hall–Kier alpha value is -1.25. The average molecular weight is 136 g/mol. The second-order valence-electron chi connectivity index (χ2n) is 2.04. The SMILES string of the molecule is C=CCC1C=NN=CC1=O. The molecule has 1 aliphatic heterocycles. The van der Waals surface area contributed by atoms with Gasteiger partial charge in [0.1, 0.15) is 0 Å². The van der Waals surface area contributed by atoms with Gasteiger partial charge in [-0.25, -0.2) is 0 Å². The third-order valence-electron chi connectivity index (χ3n) is 1.28. The van der Waals surface area contributed by atoms with E-state index in [-0.39, 0.29) is 11.7 Å². The van der Waals surface area contributed by atoms with Crippen molar-refractivity contribution in [1.29, 1.82) is 0 Å². The maximum absolute atomic E-state index is 10.9. The number of carbonyl (C=O) groups is 1. The van der Waals surface area contributed by atoms with Crippen LogP contribution in [0, 0.1) is 5.92 Å². The first-order valence-electron chi connectivity index (χ1n) is 3.06. The Bertz CT molecular complexity index is 206. The molecule has 0 spiro atoms. The van der Waals surface area contributed by atoms with Gasteiger partial charge >= 0.3 is 0 Å². The minimum atomic E-state index is -0.130. The normalized spacial score (nSPS) is 23.2. The van der Waals surface area contributed by atoms with E-state index < -0.39 is 0 Å². The fraction of sp³-hybridized carbons (Fsp3) is 0.286. The van der Waals surface area contributed by atoms with Gasteiger partial charge in [-0.05, 0) is 6.42 Å². The third-order valence-corrected chi connectivity index (χ3v) is 1.28. The Labute approximate surface area is 59.2 Å². The van der Waals surface area contributed by atoms with Crippen molar-refractivity contribution < 1.29 is 4.79 Å². The molecule has 0 fully saturated rings. The van der Waals surface area contributed by atoms with Crippen molar-refractivity contribution in [3.8, 4) is 0 Å². The van der Waals surface area contributed by atoms with Crippen LogP contribution in [0.4, 0.5) is 0 Å². The predicted octanol–water partition coefficient (Wildman–Crippen LogP) is 0.818. The number of ketones is 1. The standard InChI is InChI=1S/C7H8N2O/c1-2-3-6-4-8-9-5-7(6)10/h2,4-6H,1,3H2. The topological polar surface area (TPSA) is 41.8 Å². The predicted molar refractivity (Wildman–Crippen MR) is 40.3 cm³/mol. The molecule has 1 aliphatic rings. The highest BCUT2D eigenvalue weighted by Crippen LogP contribution is 2.04. The quantitative estimate of drug-likeness (QED) is 0.518. The fourth-order valence-corrected chi connectivity index (χ4v) is 0.735. The fourth-order valence-electron chi connectivity index (χ4n) is 0.735. The zero-order valence-corrected chi connectivity index (χ0v) is 5.53. The minimum Gasteiger partial charge on any atom is -0.292 e. The van der Waals surface area contributed by atoms with Crippen molar-refractivity contribution >= 4 is 18.2 Å². The summed E-state index contributed by atoms with van der Waals surface area (Å²) in [6, 6.07) is 0. The van der Waals surface area contributed by atoms with Crippen molar-refractivity contribution in [2.45, 2.75) is 6.42 Å². The van der Waals surface area contributed by atoms with Crippen LogP contribution in [0.5, 0.6) is 0 Å². The Morgan fingerprint density at radius 3 is 3.10 bits per heavy atom. The van der Waals surface area contributed by atoms with Gasteiger partial charge in [0.25, 0.3) is 0 Å². The largest absolute Gasteiger partial charge is 0.292 e. The van der Waals surface area contributed by atoms with Crippen LogP contribution in [0.2, 0.25) is 0 Å². The van der Waals surface area contributed by atoms with Gasteiger partial charge in [0.2, 0.25) is 0 Å². The zero-order chi connectivity index (χ0) is 7.40. The summed E-state index contributed by atoms with van der Waals surface area (Å²) in [5.41, 5.74) is 0. The minimum absolute atomic E-state index is 0.00917. The van der Waals surface area contributed by atoms with Crippen molar-refractivity contribution in [2.75, 3.05) is 0 Å². The Morgan fingerprint density at radius 2 is 2.50 bits per heavy atom. The molecule has 1 unspecified atom stereocenters. The molecule has 0 saturated heterocycles. The first kappa shape index (κ1) is 6.86. The number of allylic oxidation sites excluding steroid dienone is 1. The lowest BCUT2D eigenvalue weighted by molar-refractivity contribution is -0.114. The Morgan fingerprint density at radius 1 is 1.70 bits per heavy atom. The van der Waals surface area contributed by atoms with E-state index in [4.69, 9.17) is 0 Å². The Kier molecular flexibility index (Phi) is 2.10. The molecule has 0 N–H and O–H groups in total. The molecule has 0 bridgehead atoms. The van der Waals surface area contributed by atoms with Crippen LogP contribution in [-0.2, 0) is 4.79 Å². The molecule has 0 saturated carbocycles. The summed E-state index contributed by atoms with van der Waals surface area (Å²) in [5.74, 6) is -0.120. The molecule has 3 heteroatoms. The van der Waals surface area contributed by atoms with E-state index in [1.807, 2.05) is 0 Å². The third kappa shape index (κ3) is 1.37. The molecule has 0 radical (unpaired) electrons. The summed E-state index contributed by atoms with van der Waals surface area (Å²) in [4.78, 5) is 10.9. The molecule has 0 aromatic rings. The van der Waals surface area contributed by atoms with Crippen molar-refractivity contribution in [1.82, 2.24) is 0 Å². The molecule has 10 heavy (non-hydrogen) atoms. The van der Waals surface area contributed by atoms with Crippen LogP contribution in [0.25, 0.3) is 0 Å². The van der Waals surface area contributed by atoms with Gasteiger partial charge in [-0.2, -0.15) is 10.2 Å². The van der Waals surface area contributed by atoms with Gasteiger partial charge in [0, 0.05) is 6.21 Å². The second kappa shape index (κ2) is 3.06. The van der Waals surface area contributed by atoms with Crippen molar-refractivity contribution in [3.63, 3.8) is 0 Å². The van der Waals surface area contributed by atoms with Crippen LogP contribution in [-0.4, -0.2) is 18.2 Å². The van der Waals surface area contributed by atoms with Gasteiger partial charge < -0.3 is 0 Å². The van der Waals surface area contributed by atoms with Crippen LogP contribution in [0.15, 0.2) is 22.9 Å². The maximum Gasteiger partial charge on any atom is 0.184 e. The molecule has 3 nitrogen and oxygen atoms in total. The molecule has 1 heterocycles. The average Bonchev–Trinajstić information content (AvgIpc) is 1.94. The molecular weight excluding hydrogens is 128 g/mol. The molecule has 0 aromatic heterocycles. The van der Waals surface area contributed by atoms with Crippen molar-refractivity contribution in [3.05, 3.63) is 12.7 Å². The summed E-state index contributed by atoms with van der Waals surface area (Å²) in [6.45, 7) is 3.53. The second-order valence-corrected chi connectivity index (χ2v) is 2.04. The summed E-state index contributed by atoms with van der Waals surface area (Å²) in [6.07, 6.45) is 5.14. The number of rotatable bonds is 2. The highest BCUT2D eigenvalue weighted by molar-refractivity contribution is 6.32. The lowest BCUT2D eigenvalue weighted by Gasteiger charge is -2.05. The molecule has 0 amide bonds. The van der Waals surface area contributed by atoms with E-state index in [1.165, 1.54) is 6.21 Å². The van der Waals surface area contributed by atoms with Gasteiger partial charge in [0.05, 0.1) is 12.1 Å². The first-order chi connectivity index (χ1) is 4.84. The van der Waals surface area contributed by atoms with E-state index in [0.29, 0.717) is 6.42 Å². The number of Topliss-reactive ketones (excluding diaryl/α,β-unsaturated/α-hetero) is 1. The smallest absolute Gasteiger partial charge is 0.184 e. The summed E-state index contributed by atoms with van der Waals surface area (Å²) in [7, 11) is 0. The van der Waals surface area contributed by atoms with E-state index >= 15 is 0 Å². The van der Waals surface area contributed by atoms with Crippen LogP contribution < -0.4 is 0 Å². The molecule has 0 aliphatic carbocycles. The highest BCUT2D eigenvalue weighted by Gasteiger charge is 2.14. The van der Waals surface area contributed by atoms with Crippen LogP contribution in [0.3, 0.4) is 0 Å². The summed E-state index contributed by atoms with van der Waals surface area (Å²) in [5, 5.41) is 7.05. The number of hydrogen-bond acceptors (Lipinski definition) is 3. The van der Waals surface area contributed by atoms with Crippen LogP contribution >= 0.6 is 0 Å². The lowest BCUT2D eigenvalue weighted by Crippen LogP contribution is -2.18. The Balaban J connectivity index is 2.60. The highest BCUT2D eigenvalue weighted by atomic mass is 16.1. The molecular formula is C7H8N2O. The molecule has 52 valence electrons. The van der Waals surface area contributed by atoms with Gasteiger partial charge in [-0.3, -0.25) is 4.79 Å². The number of hydrogen-bond donors (Lipinski definition) is 0. The molecule has 0 aromatic carbocycles. The van der Waals surface area contributed by atoms with Gasteiger partial charge in [0.15, 0.2) is 5.78 Å². The summed E-state index contributed by atoms with van der Waals surface area (Å²) >= 11 is 0. The monoisotopic (exact) mass is 136 g/mol. The first-order valence-corrected chi connectivity index (χ1v) is 3.06. The van der Waals surface area contributed by atoms with E-state index in [0.717, 1.165) is 0 Å². The number of nitrogens with zero attached hydrogens (tertiary/aromatic N) is 2. The number of carbonyl (C=O) groups excluding carboxylic acids is 1. The molecule has 1 atom stereocenters. The lowest BCUT2D eigenvalue weighted by atomic mass is 10.0.